The van der Waals surface area contributed by atoms with E-state index >= 15 is 0 Å². The summed E-state index contributed by atoms with van der Waals surface area (Å²) in [7, 11) is 0. The maximum Gasteiger partial charge on any atom is 0.222 e. The third kappa shape index (κ3) is 26.8. The van der Waals surface area contributed by atoms with E-state index in [1.54, 1.807) is 0 Å². The fraction of sp³-hybridized carbons (Fsp3) is 0.870. The molecule has 0 aliphatic heterocycles. The number of amides is 2. The molecule has 0 radical (unpaired) electrons. The van der Waals surface area contributed by atoms with Gasteiger partial charge in [-0.25, -0.2) is 0 Å². The minimum Gasteiger partial charge on any atom is -0.354 e. The lowest BCUT2D eigenvalue weighted by Crippen LogP contribution is -2.33. The average Bonchev–Trinajstić information content (AvgIpc) is 2.44. The van der Waals surface area contributed by atoms with Crippen molar-refractivity contribution in [1.82, 2.24) is 10.6 Å². The molecule has 0 aromatic heterocycles. The second-order valence-corrected chi connectivity index (χ2v) is 9.37. The first kappa shape index (κ1) is 31.3. The second-order valence-electron chi connectivity index (χ2n) is 9.37. The Morgan fingerprint density at radius 2 is 0.786 bits per heavy atom. The van der Waals surface area contributed by atoms with Gasteiger partial charge in [-0.15, -0.1) is 0 Å². The van der Waals surface area contributed by atoms with Crippen LogP contribution in [0.15, 0.2) is 0 Å². The molecule has 0 heterocycles. The first-order valence-electron chi connectivity index (χ1n) is 10.7. The van der Waals surface area contributed by atoms with Gasteiger partial charge in [-0.05, 0) is 39.5 Å². The van der Waals surface area contributed by atoms with Gasteiger partial charge in [0.15, 0.2) is 0 Å². The number of hydrogen-bond acceptors (Lipinski definition) is 3. The molecule has 0 rings (SSSR count). The van der Waals surface area contributed by atoms with Crippen LogP contribution in [0.5, 0.6) is 0 Å². The maximum absolute atomic E-state index is 11.1. The Bertz CT molecular complexity index is 388. The lowest BCUT2D eigenvalue weighted by molar-refractivity contribution is -0.125. The topological polar surface area (TPSA) is 75.3 Å². The molecule has 168 valence electrons. The highest BCUT2D eigenvalue weighted by atomic mass is 16.2. The van der Waals surface area contributed by atoms with Gasteiger partial charge in [0, 0.05) is 36.8 Å². The largest absolute Gasteiger partial charge is 0.354 e. The molecular weight excluding hydrogens is 352 g/mol. The molecule has 0 atom stereocenters. The van der Waals surface area contributed by atoms with Crippen LogP contribution < -0.4 is 10.6 Å². The van der Waals surface area contributed by atoms with Crippen molar-refractivity contribution in [3.05, 3.63) is 0 Å². The number of carbonyl (C=O) groups excluding carboxylic acids is 3. The van der Waals surface area contributed by atoms with E-state index in [1.807, 2.05) is 55.4 Å². The van der Waals surface area contributed by atoms with Crippen molar-refractivity contribution in [2.75, 3.05) is 0 Å². The number of ketones is 1. The lowest BCUT2D eigenvalue weighted by atomic mass is 10.00. The van der Waals surface area contributed by atoms with Gasteiger partial charge < -0.3 is 10.6 Å². The van der Waals surface area contributed by atoms with Gasteiger partial charge in [0.2, 0.25) is 11.8 Å². The number of hydrogen-bond donors (Lipinski definition) is 2. The number of rotatable bonds is 8. The zero-order valence-corrected chi connectivity index (χ0v) is 20.6. The van der Waals surface area contributed by atoms with E-state index in [0.29, 0.717) is 17.6 Å². The zero-order valence-electron chi connectivity index (χ0n) is 20.6. The van der Waals surface area contributed by atoms with Crippen LogP contribution in [0, 0.1) is 23.7 Å². The zero-order chi connectivity index (χ0) is 23.0. The highest BCUT2D eigenvalue weighted by molar-refractivity contribution is 5.79. The fourth-order valence-corrected chi connectivity index (χ4v) is 1.90. The first-order valence-corrected chi connectivity index (χ1v) is 10.7. The maximum atomic E-state index is 11.1. The van der Waals surface area contributed by atoms with Gasteiger partial charge in [-0.3, -0.25) is 14.4 Å². The van der Waals surface area contributed by atoms with Crippen LogP contribution in [0.2, 0.25) is 0 Å². The molecule has 2 N–H and O–H groups in total. The predicted molar refractivity (Wildman–Crippen MR) is 120 cm³/mol. The molecule has 0 aromatic carbocycles. The van der Waals surface area contributed by atoms with Crippen LogP contribution in [-0.2, 0) is 14.4 Å². The molecule has 5 heteroatoms. The summed E-state index contributed by atoms with van der Waals surface area (Å²) in [4.78, 5) is 32.7. The van der Waals surface area contributed by atoms with Crippen molar-refractivity contribution in [2.24, 2.45) is 23.7 Å². The Hall–Kier alpha value is -1.39. The molecular formula is C23H48N2O3. The standard InChI is InChI=1S/C9H18O.2C7H15NO/c1-7(2)5-9(10)6-8(3)4;2*1-5(2)7(9)8-6(3)4/h7-8H,5-6H2,1-4H3;2*5-6H,1-4H3,(H,8,9). The number of carbonyl (C=O) groups is 3. The van der Waals surface area contributed by atoms with E-state index in [2.05, 4.69) is 38.3 Å². The Kier molecular flexibility index (Phi) is 19.8. The monoisotopic (exact) mass is 400 g/mol. The molecule has 0 aliphatic carbocycles. The SMILES string of the molecule is CC(C)CC(=O)CC(C)C.CC(C)NC(=O)C(C)C.CC(C)NC(=O)C(C)C. The summed E-state index contributed by atoms with van der Waals surface area (Å²) in [5.41, 5.74) is 0. The third-order valence-corrected chi connectivity index (χ3v) is 3.18. The van der Waals surface area contributed by atoms with Crippen molar-refractivity contribution >= 4 is 17.6 Å². The van der Waals surface area contributed by atoms with Crippen LogP contribution in [0.3, 0.4) is 0 Å². The molecule has 0 aliphatic rings. The van der Waals surface area contributed by atoms with Crippen molar-refractivity contribution in [2.45, 2.75) is 108 Å². The predicted octanol–water partition coefficient (Wildman–Crippen LogP) is 4.98. The summed E-state index contributed by atoms with van der Waals surface area (Å²) in [6.45, 7) is 23.7. The summed E-state index contributed by atoms with van der Waals surface area (Å²) in [6.07, 6.45) is 1.50. The minimum atomic E-state index is 0.104. The number of Topliss-reactive ketones (excluding diaryl/α,β-unsaturated/α-hetero) is 1. The highest BCUT2D eigenvalue weighted by Gasteiger charge is 2.07. The summed E-state index contributed by atoms with van der Waals surface area (Å²) < 4.78 is 0. The molecule has 0 saturated carbocycles. The Morgan fingerprint density at radius 3 is 0.893 bits per heavy atom. The molecule has 0 saturated heterocycles. The second kappa shape index (κ2) is 17.7. The normalized spacial score (nSPS) is 10.6. The van der Waals surface area contributed by atoms with Gasteiger partial charge in [-0.1, -0.05) is 55.4 Å². The molecule has 2 amide bonds. The van der Waals surface area contributed by atoms with Gasteiger partial charge >= 0.3 is 0 Å². The minimum absolute atomic E-state index is 0.104. The molecule has 0 fully saturated rings. The van der Waals surface area contributed by atoms with Crippen LogP contribution >= 0.6 is 0 Å². The molecule has 5 nitrogen and oxygen atoms in total. The molecule has 0 spiro atoms. The number of nitrogens with one attached hydrogen (secondary N) is 2. The van der Waals surface area contributed by atoms with Crippen LogP contribution in [-0.4, -0.2) is 29.7 Å². The molecule has 0 unspecified atom stereocenters. The van der Waals surface area contributed by atoms with Crippen molar-refractivity contribution in [1.29, 1.82) is 0 Å². The first-order chi connectivity index (χ1) is 12.6. The molecule has 0 bridgehead atoms. The Balaban J connectivity index is -0.000000336. The van der Waals surface area contributed by atoms with E-state index in [4.69, 9.17) is 0 Å². The smallest absolute Gasteiger partial charge is 0.222 e. The van der Waals surface area contributed by atoms with Gasteiger partial charge in [0.1, 0.15) is 5.78 Å². The molecule has 0 aromatic rings. The van der Waals surface area contributed by atoms with Gasteiger partial charge in [-0.2, -0.15) is 0 Å². The average molecular weight is 401 g/mol. The Labute approximate surface area is 174 Å². The fourth-order valence-electron chi connectivity index (χ4n) is 1.90. The van der Waals surface area contributed by atoms with Gasteiger partial charge in [0.05, 0.1) is 0 Å². The molecule has 28 heavy (non-hydrogen) atoms. The van der Waals surface area contributed by atoms with E-state index in [9.17, 15) is 14.4 Å². The summed E-state index contributed by atoms with van der Waals surface area (Å²) in [5, 5.41) is 5.61. The van der Waals surface area contributed by atoms with Crippen molar-refractivity contribution in [3.63, 3.8) is 0 Å². The highest BCUT2D eigenvalue weighted by Crippen LogP contribution is 2.07. The van der Waals surface area contributed by atoms with E-state index in [1.165, 1.54) is 0 Å². The quantitative estimate of drug-likeness (QED) is 0.603. The Morgan fingerprint density at radius 1 is 0.536 bits per heavy atom. The van der Waals surface area contributed by atoms with E-state index < -0.39 is 0 Å². The third-order valence-electron chi connectivity index (χ3n) is 3.18. The van der Waals surface area contributed by atoms with E-state index in [0.717, 1.165) is 12.8 Å². The van der Waals surface area contributed by atoms with Gasteiger partial charge in [0.25, 0.3) is 0 Å². The lowest BCUT2D eigenvalue weighted by Gasteiger charge is -2.09. The summed E-state index contributed by atoms with van der Waals surface area (Å²) in [5.74, 6) is 1.91. The summed E-state index contributed by atoms with van der Waals surface area (Å²) >= 11 is 0. The van der Waals surface area contributed by atoms with Crippen molar-refractivity contribution < 1.29 is 14.4 Å². The van der Waals surface area contributed by atoms with E-state index in [-0.39, 0.29) is 35.7 Å². The van der Waals surface area contributed by atoms with Crippen molar-refractivity contribution in [3.8, 4) is 0 Å². The van der Waals surface area contributed by atoms with Crippen LogP contribution in [0.25, 0.3) is 0 Å². The van der Waals surface area contributed by atoms with Crippen LogP contribution in [0.4, 0.5) is 0 Å². The summed E-state index contributed by atoms with van der Waals surface area (Å²) in [6, 6.07) is 0.528. The van der Waals surface area contributed by atoms with Crippen LogP contribution in [0.1, 0.15) is 95.9 Å².